The number of nitrogens with one attached hydrogen (secondary N) is 1. The minimum Gasteiger partial charge on any atom is -0.393 e. The highest BCUT2D eigenvalue weighted by molar-refractivity contribution is 7.47. The topological polar surface area (TPSA) is 226 Å². The molecule has 0 aromatic rings. The van der Waals surface area contributed by atoms with Crippen molar-refractivity contribution in [2.75, 3.05) is 6.61 Å². The fraction of sp³-hybridized carbons (Fsp3) is 0.935. The summed E-state index contributed by atoms with van der Waals surface area (Å²) in [6.45, 7) is 3.78. The van der Waals surface area contributed by atoms with E-state index in [-0.39, 0.29) is 12.8 Å². The lowest BCUT2D eigenvalue weighted by molar-refractivity contribution is -0.220. The van der Waals surface area contributed by atoms with Gasteiger partial charge in [0.2, 0.25) is 5.91 Å². The van der Waals surface area contributed by atoms with Gasteiger partial charge in [0.05, 0.1) is 31.3 Å². The monoisotopic (exact) mass is 880 g/mol. The van der Waals surface area contributed by atoms with E-state index in [9.17, 15) is 50.0 Å². The lowest BCUT2D eigenvalue weighted by Crippen LogP contribution is -2.64. The van der Waals surface area contributed by atoms with Gasteiger partial charge in [-0.05, 0) is 38.5 Å². The normalized spacial score (nSPS) is 23.4. The van der Waals surface area contributed by atoms with Gasteiger partial charge in [0.15, 0.2) is 0 Å². The van der Waals surface area contributed by atoms with Gasteiger partial charge in [-0.25, -0.2) is 4.57 Å². The summed E-state index contributed by atoms with van der Waals surface area (Å²) >= 11 is 0. The number of carbonyl (C=O) groups is 1. The number of hydrogen-bond acceptors (Lipinski definition) is 11. The number of rotatable bonds is 40. The average molecular weight is 880 g/mol. The van der Waals surface area contributed by atoms with Gasteiger partial charge in [0.1, 0.15) is 36.6 Å². The lowest BCUT2D eigenvalue weighted by atomic mass is 9.85. The molecule has 1 aliphatic rings. The Kier molecular flexibility index (Phi) is 34.6. The Morgan fingerprint density at radius 1 is 0.567 bits per heavy atom. The van der Waals surface area contributed by atoms with E-state index in [1.54, 1.807) is 0 Å². The molecule has 0 aliphatic heterocycles. The first-order chi connectivity index (χ1) is 28.8. The van der Waals surface area contributed by atoms with Gasteiger partial charge in [-0.1, -0.05) is 180 Å². The third kappa shape index (κ3) is 28.0. The maximum Gasteiger partial charge on any atom is 0.472 e. The maximum absolute atomic E-state index is 13.0. The summed E-state index contributed by atoms with van der Waals surface area (Å²) in [6, 6.07) is -1.15. The number of allylic oxidation sites excluding steroid dienone is 2. The van der Waals surface area contributed by atoms with E-state index in [4.69, 9.17) is 9.05 Å². The molecule has 1 saturated carbocycles. The second kappa shape index (κ2) is 36.4. The van der Waals surface area contributed by atoms with Crippen molar-refractivity contribution in [2.45, 2.75) is 268 Å². The minimum absolute atomic E-state index is 0.225. The number of hydrogen-bond donors (Lipinski definition) is 9. The zero-order valence-corrected chi connectivity index (χ0v) is 38.5. The molecule has 0 aromatic carbocycles. The smallest absolute Gasteiger partial charge is 0.393 e. The van der Waals surface area contributed by atoms with Crippen molar-refractivity contribution < 1.29 is 59.0 Å². The maximum atomic E-state index is 13.0. The van der Waals surface area contributed by atoms with E-state index in [2.05, 4.69) is 31.3 Å². The quantitative estimate of drug-likeness (QED) is 0.0161. The first kappa shape index (κ1) is 57.1. The summed E-state index contributed by atoms with van der Waals surface area (Å²) in [4.78, 5) is 23.5. The molecule has 1 rings (SSSR count). The standard InChI is InChI=1S/C46H90NO12P/c1-3-5-7-9-11-13-15-17-18-19-20-21-22-23-25-27-29-31-33-37(48)35-40(50)47-38(39(49)34-32-30-28-26-24-16-14-12-10-8-6-4-2)36-58-60(56,57)59-46-44(54)42(52)41(51)43(53)45(46)55/h20-21,37-39,41-46,48-49,51-55H,3-19,22-36H2,1-2H3,(H,47,50)(H,56,57)/b21-20-. The second-order valence-corrected chi connectivity index (χ2v) is 18.9. The number of aliphatic hydroxyl groups is 7. The third-order valence-corrected chi connectivity index (χ3v) is 12.9. The first-order valence-electron chi connectivity index (χ1n) is 24.2. The Labute approximate surface area is 363 Å². The van der Waals surface area contributed by atoms with Crippen molar-refractivity contribution in [1.82, 2.24) is 5.32 Å². The van der Waals surface area contributed by atoms with Crippen LogP contribution >= 0.6 is 7.82 Å². The van der Waals surface area contributed by atoms with Crippen LogP contribution in [0.5, 0.6) is 0 Å². The predicted molar refractivity (Wildman–Crippen MR) is 238 cm³/mol. The Morgan fingerprint density at radius 2 is 0.933 bits per heavy atom. The zero-order valence-electron chi connectivity index (χ0n) is 37.6. The van der Waals surface area contributed by atoms with Crippen LogP contribution in [0.2, 0.25) is 0 Å². The van der Waals surface area contributed by atoms with Crippen molar-refractivity contribution in [3.63, 3.8) is 0 Å². The van der Waals surface area contributed by atoms with Gasteiger partial charge in [0.25, 0.3) is 0 Å². The molecule has 1 aliphatic carbocycles. The number of phosphoric acid groups is 1. The summed E-state index contributed by atoms with van der Waals surface area (Å²) in [7, 11) is -5.11. The zero-order chi connectivity index (χ0) is 44.4. The average Bonchev–Trinajstić information content (AvgIpc) is 3.22. The molecule has 0 aromatic heterocycles. The van der Waals surface area contributed by atoms with Gasteiger partial charge >= 0.3 is 7.82 Å². The summed E-state index contributed by atoms with van der Waals surface area (Å²) in [5.74, 6) is -0.564. The van der Waals surface area contributed by atoms with Crippen molar-refractivity contribution in [1.29, 1.82) is 0 Å². The van der Waals surface area contributed by atoms with E-state index < -0.39 is 75.2 Å². The molecular formula is C46H90NO12P. The Hall–Kier alpha value is -0.960. The summed E-state index contributed by atoms with van der Waals surface area (Å²) in [6.07, 6.45) is 24.0. The molecule has 0 bridgehead atoms. The molecule has 0 saturated heterocycles. The van der Waals surface area contributed by atoms with Crippen LogP contribution in [-0.2, 0) is 18.4 Å². The molecule has 13 nitrogen and oxygen atoms in total. The second-order valence-electron chi connectivity index (χ2n) is 17.5. The highest BCUT2D eigenvalue weighted by Gasteiger charge is 2.51. The van der Waals surface area contributed by atoms with Gasteiger partial charge in [-0.2, -0.15) is 0 Å². The fourth-order valence-corrected chi connectivity index (χ4v) is 8.85. The van der Waals surface area contributed by atoms with Crippen molar-refractivity contribution in [2.24, 2.45) is 0 Å². The molecular weight excluding hydrogens is 789 g/mol. The number of carbonyl (C=O) groups excluding carboxylic acids is 1. The minimum atomic E-state index is -5.11. The Bertz CT molecular complexity index is 1090. The van der Waals surface area contributed by atoms with Crippen LogP contribution in [0.3, 0.4) is 0 Å². The molecule has 0 spiro atoms. The SMILES string of the molecule is CCCCCCCCCCC/C=C\CCCCCCCC(O)CC(=O)NC(COP(=O)(O)OC1C(O)C(O)C(O)C(O)C1O)C(O)CCCCCCCCCCCCCC. The molecule has 8 unspecified atom stereocenters. The largest absolute Gasteiger partial charge is 0.472 e. The number of unbranched alkanes of at least 4 members (excludes halogenated alkanes) is 25. The highest BCUT2D eigenvalue weighted by Crippen LogP contribution is 2.47. The molecule has 1 fully saturated rings. The summed E-state index contributed by atoms with van der Waals surface area (Å²) in [5, 5.41) is 74.6. The number of amides is 1. The summed E-state index contributed by atoms with van der Waals surface area (Å²) in [5.41, 5.74) is 0. The van der Waals surface area contributed by atoms with E-state index in [1.807, 2.05) is 0 Å². The Balaban J connectivity index is 2.47. The van der Waals surface area contributed by atoms with Gasteiger partial charge in [0, 0.05) is 0 Å². The van der Waals surface area contributed by atoms with Crippen molar-refractivity contribution in [3.8, 4) is 0 Å². The van der Waals surface area contributed by atoms with Crippen LogP contribution in [0.1, 0.15) is 213 Å². The number of aliphatic hydroxyl groups excluding tert-OH is 7. The molecule has 9 N–H and O–H groups in total. The van der Waals surface area contributed by atoms with Crippen molar-refractivity contribution in [3.05, 3.63) is 12.2 Å². The van der Waals surface area contributed by atoms with Crippen molar-refractivity contribution >= 4 is 13.7 Å². The van der Waals surface area contributed by atoms with Gasteiger partial charge in [-0.15, -0.1) is 0 Å². The van der Waals surface area contributed by atoms with Crippen LogP contribution in [0, 0.1) is 0 Å². The van der Waals surface area contributed by atoms with Crippen LogP contribution in [0.15, 0.2) is 12.2 Å². The van der Waals surface area contributed by atoms with Crippen LogP contribution in [-0.4, -0.2) is 108 Å². The number of phosphoric ester groups is 1. The molecule has 0 heterocycles. The lowest BCUT2D eigenvalue weighted by Gasteiger charge is -2.41. The van der Waals surface area contributed by atoms with E-state index >= 15 is 0 Å². The fourth-order valence-electron chi connectivity index (χ4n) is 7.89. The molecule has 356 valence electrons. The molecule has 60 heavy (non-hydrogen) atoms. The van der Waals surface area contributed by atoms with Gasteiger partial charge < -0.3 is 46.0 Å². The Morgan fingerprint density at radius 3 is 1.37 bits per heavy atom. The van der Waals surface area contributed by atoms with E-state index in [0.717, 1.165) is 70.6 Å². The van der Waals surface area contributed by atoms with E-state index in [1.165, 1.54) is 103 Å². The van der Waals surface area contributed by atoms with Crippen LogP contribution in [0.4, 0.5) is 0 Å². The molecule has 1 amide bonds. The van der Waals surface area contributed by atoms with E-state index in [0.29, 0.717) is 12.8 Å². The highest BCUT2D eigenvalue weighted by atomic mass is 31.2. The third-order valence-electron chi connectivity index (χ3n) is 11.9. The molecule has 0 radical (unpaired) electrons. The van der Waals surface area contributed by atoms with Crippen LogP contribution < -0.4 is 5.32 Å². The molecule has 8 atom stereocenters. The molecule has 14 heteroatoms. The first-order valence-corrected chi connectivity index (χ1v) is 25.7. The van der Waals surface area contributed by atoms with Gasteiger partial charge in [-0.3, -0.25) is 13.8 Å². The summed E-state index contributed by atoms with van der Waals surface area (Å²) < 4.78 is 22.9. The predicted octanol–water partition coefficient (Wildman–Crippen LogP) is 8.20. The van der Waals surface area contributed by atoms with Crippen LogP contribution in [0.25, 0.3) is 0 Å².